The summed E-state index contributed by atoms with van der Waals surface area (Å²) < 4.78 is 5.65. The zero-order valence-electron chi connectivity index (χ0n) is 17.5. The van der Waals surface area contributed by atoms with E-state index in [2.05, 4.69) is 9.80 Å². The zero-order chi connectivity index (χ0) is 21.4. The molecule has 7 nitrogen and oxygen atoms in total. The molecule has 2 fully saturated rings. The highest BCUT2D eigenvalue weighted by Crippen LogP contribution is 2.33. The summed E-state index contributed by atoms with van der Waals surface area (Å²) in [5.74, 6) is -0.0977. The van der Waals surface area contributed by atoms with Gasteiger partial charge in [0.1, 0.15) is 5.75 Å². The molecule has 162 valence electrons. The summed E-state index contributed by atoms with van der Waals surface area (Å²) >= 11 is 0. The smallest absolute Gasteiger partial charge is 0.263 e. The molecule has 5 rings (SSSR count). The van der Waals surface area contributed by atoms with Gasteiger partial charge in [0.15, 0.2) is 0 Å². The van der Waals surface area contributed by atoms with Gasteiger partial charge in [-0.1, -0.05) is 24.3 Å². The Hall–Kier alpha value is -2.90. The van der Waals surface area contributed by atoms with Crippen molar-refractivity contribution in [1.29, 1.82) is 0 Å². The molecule has 0 unspecified atom stereocenters. The first kappa shape index (κ1) is 20.0. The fourth-order valence-electron chi connectivity index (χ4n) is 4.77. The van der Waals surface area contributed by atoms with E-state index in [9.17, 15) is 14.7 Å². The van der Waals surface area contributed by atoms with E-state index in [1.807, 2.05) is 30.3 Å². The largest absolute Gasteiger partial charge is 0.508 e. The van der Waals surface area contributed by atoms with Crippen molar-refractivity contribution in [3.8, 4) is 5.75 Å². The predicted octanol–water partition coefficient (Wildman–Crippen LogP) is 2.49. The van der Waals surface area contributed by atoms with Gasteiger partial charge in [-0.05, 0) is 31.0 Å². The summed E-state index contributed by atoms with van der Waals surface area (Å²) in [7, 11) is 0. The number of benzene rings is 2. The molecule has 1 atom stereocenters. The number of phenolic OH excluding ortho intramolecular Hbond substituents is 1. The number of hydrogen-bond acceptors (Lipinski definition) is 6. The van der Waals surface area contributed by atoms with Gasteiger partial charge in [0.2, 0.25) is 0 Å². The number of nitrogens with zero attached hydrogens (tertiary/aromatic N) is 3. The Kier molecular flexibility index (Phi) is 5.38. The molecular weight excluding hydrogens is 394 g/mol. The first-order chi connectivity index (χ1) is 15.1. The average molecular weight is 421 g/mol. The summed E-state index contributed by atoms with van der Waals surface area (Å²) in [6.07, 6.45) is 1.81. The number of imide groups is 1. The molecule has 7 heteroatoms. The lowest BCUT2D eigenvalue weighted by molar-refractivity contribution is 0.0475. The first-order valence-corrected chi connectivity index (χ1v) is 11.0. The van der Waals surface area contributed by atoms with Crippen molar-refractivity contribution < 1.29 is 19.4 Å². The number of amides is 2. The molecule has 0 radical (unpaired) electrons. The zero-order valence-corrected chi connectivity index (χ0v) is 17.5. The molecule has 0 aromatic heterocycles. The average Bonchev–Trinajstić information content (AvgIpc) is 3.39. The third-order valence-corrected chi connectivity index (χ3v) is 6.49. The molecule has 1 N–H and O–H groups in total. The van der Waals surface area contributed by atoms with Crippen LogP contribution >= 0.6 is 0 Å². The van der Waals surface area contributed by atoms with Gasteiger partial charge in [0, 0.05) is 44.9 Å². The van der Waals surface area contributed by atoms with E-state index in [1.54, 1.807) is 12.1 Å². The van der Waals surface area contributed by atoms with Crippen molar-refractivity contribution in [2.24, 2.45) is 0 Å². The fourth-order valence-corrected chi connectivity index (χ4v) is 4.77. The number of carbonyl (C=O) groups is 2. The highest BCUT2D eigenvalue weighted by Gasteiger charge is 2.40. The minimum atomic E-state index is -0.212. The van der Waals surface area contributed by atoms with Crippen LogP contribution in [-0.4, -0.2) is 72.2 Å². The van der Waals surface area contributed by atoms with Crippen LogP contribution in [0.15, 0.2) is 42.5 Å². The summed E-state index contributed by atoms with van der Waals surface area (Å²) in [6, 6.07) is 13.0. The molecule has 3 heterocycles. The van der Waals surface area contributed by atoms with Crippen LogP contribution in [0.3, 0.4) is 0 Å². The summed E-state index contributed by atoms with van der Waals surface area (Å²) in [6.45, 7) is 4.89. The van der Waals surface area contributed by atoms with Gasteiger partial charge >= 0.3 is 0 Å². The molecule has 0 saturated carbocycles. The molecule has 0 bridgehead atoms. The number of para-hydroxylation sites is 1. The number of ether oxygens (including phenoxy) is 1. The molecular formula is C24H27N3O4. The van der Waals surface area contributed by atoms with Crippen LogP contribution < -0.4 is 4.90 Å². The fraction of sp³-hybridized carbons (Fsp3) is 0.417. The van der Waals surface area contributed by atoms with Crippen LogP contribution in [0, 0.1) is 0 Å². The number of phenols is 1. The van der Waals surface area contributed by atoms with E-state index in [1.165, 1.54) is 4.90 Å². The Labute approximate surface area is 181 Å². The monoisotopic (exact) mass is 421 g/mol. The van der Waals surface area contributed by atoms with Crippen molar-refractivity contribution in [1.82, 2.24) is 9.80 Å². The van der Waals surface area contributed by atoms with Crippen molar-refractivity contribution in [3.63, 3.8) is 0 Å². The van der Waals surface area contributed by atoms with E-state index in [4.69, 9.17) is 4.74 Å². The Morgan fingerprint density at radius 1 is 0.968 bits per heavy atom. The van der Waals surface area contributed by atoms with Gasteiger partial charge in [0.25, 0.3) is 11.8 Å². The van der Waals surface area contributed by atoms with E-state index >= 15 is 0 Å². The maximum absolute atomic E-state index is 13.2. The molecule has 0 aliphatic carbocycles. The SMILES string of the molecule is O=C1c2cccc(N3CCN(Cc4ccccc4O)CC3)c2C(=O)N1C[C@H]1CCCO1. The minimum Gasteiger partial charge on any atom is -0.508 e. The molecule has 0 spiro atoms. The van der Waals surface area contributed by atoms with Crippen LogP contribution in [0.5, 0.6) is 5.75 Å². The maximum Gasteiger partial charge on any atom is 0.263 e. The van der Waals surface area contributed by atoms with Crippen molar-refractivity contribution in [3.05, 3.63) is 59.2 Å². The number of fused-ring (bicyclic) bond motifs is 1. The molecule has 2 saturated heterocycles. The second-order valence-corrected chi connectivity index (χ2v) is 8.45. The molecule has 3 aliphatic rings. The highest BCUT2D eigenvalue weighted by molar-refractivity contribution is 6.23. The van der Waals surface area contributed by atoms with Gasteiger partial charge in [0.05, 0.1) is 29.5 Å². The van der Waals surface area contributed by atoms with Crippen LogP contribution in [-0.2, 0) is 11.3 Å². The number of aromatic hydroxyl groups is 1. The number of hydrogen-bond donors (Lipinski definition) is 1. The Morgan fingerprint density at radius 3 is 2.52 bits per heavy atom. The van der Waals surface area contributed by atoms with Gasteiger partial charge in [-0.3, -0.25) is 19.4 Å². The molecule has 2 aromatic rings. The molecule has 3 aliphatic heterocycles. The van der Waals surface area contributed by atoms with Gasteiger partial charge in [-0.2, -0.15) is 0 Å². The number of piperazine rings is 1. The van der Waals surface area contributed by atoms with Gasteiger partial charge in [-0.25, -0.2) is 0 Å². The second-order valence-electron chi connectivity index (χ2n) is 8.45. The number of rotatable bonds is 5. The quantitative estimate of drug-likeness (QED) is 0.748. The normalized spacial score (nSPS) is 21.7. The van der Waals surface area contributed by atoms with Crippen LogP contribution in [0.4, 0.5) is 5.69 Å². The van der Waals surface area contributed by atoms with E-state index in [0.29, 0.717) is 36.6 Å². The van der Waals surface area contributed by atoms with Crippen LogP contribution in [0.2, 0.25) is 0 Å². The molecule has 31 heavy (non-hydrogen) atoms. The lowest BCUT2D eigenvalue weighted by Gasteiger charge is -2.36. The second kappa shape index (κ2) is 8.32. The van der Waals surface area contributed by atoms with Crippen LogP contribution in [0.1, 0.15) is 39.1 Å². The van der Waals surface area contributed by atoms with Crippen molar-refractivity contribution in [2.75, 3.05) is 44.2 Å². The van der Waals surface area contributed by atoms with E-state index in [0.717, 1.165) is 50.3 Å². The Balaban J connectivity index is 1.29. The topological polar surface area (TPSA) is 73.3 Å². The first-order valence-electron chi connectivity index (χ1n) is 11.0. The van der Waals surface area contributed by atoms with Crippen molar-refractivity contribution in [2.45, 2.75) is 25.5 Å². The third kappa shape index (κ3) is 3.79. The van der Waals surface area contributed by atoms with Crippen molar-refractivity contribution >= 4 is 17.5 Å². The Bertz CT molecular complexity index is 994. The summed E-state index contributed by atoms with van der Waals surface area (Å²) in [4.78, 5) is 32.0. The lowest BCUT2D eigenvalue weighted by atomic mass is 10.1. The van der Waals surface area contributed by atoms with E-state index in [-0.39, 0.29) is 17.9 Å². The number of anilines is 1. The molecule has 2 aromatic carbocycles. The minimum absolute atomic E-state index is 0.0522. The predicted molar refractivity (Wildman–Crippen MR) is 116 cm³/mol. The summed E-state index contributed by atoms with van der Waals surface area (Å²) in [5.41, 5.74) is 2.78. The van der Waals surface area contributed by atoms with Gasteiger partial charge < -0.3 is 14.7 Å². The third-order valence-electron chi connectivity index (χ3n) is 6.49. The number of carbonyl (C=O) groups excluding carboxylic acids is 2. The van der Waals surface area contributed by atoms with E-state index < -0.39 is 0 Å². The lowest BCUT2D eigenvalue weighted by Crippen LogP contribution is -2.46. The maximum atomic E-state index is 13.2. The Morgan fingerprint density at radius 2 is 1.77 bits per heavy atom. The standard InChI is InChI=1S/C24H27N3O4/c28-21-9-2-1-5-17(21)15-25-10-12-26(13-11-25)20-8-3-7-19-22(20)24(30)27(23(19)29)16-18-6-4-14-31-18/h1-3,5,7-9,18,28H,4,6,10-16H2/t18-/m1/s1. The highest BCUT2D eigenvalue weighted by atomic mass is 16.5. The van der Waals surface area contributed by atoms with Crippen LogP contribution in [0.25, 0.3) is 0 Å². The summed E-state index contributed by atoms with van der Waals surface area (Å²) in [5, 5.41) is 10.0. The molecule has 2 amide bonds. The van der Waals surface area contributed by atoms with Gasteiger partial charge in [-0.15, -0.1) is 0 Å².